The molecule has 0 saturated carbocycles. The number of benzene rings is 1. The van der Waals surface area contributed by atoms with E-state index in [0.29, 0.717) is 6.42 Å². The van der Waals surface area contributed by atoms with Gasteiger partial charge in [0.05, 0.1) is 5.92 Å². The third kappa shape index (κ3) is 8.73. The second-order valence-electron chi connectivity index (χ2n) is 4.81. The predicted octanol–water partition coefficient (Wildman–Crippen LogP) is 3.67. The third-order valence-electron chi connectivity index (χ3n) is 2.88. The highest BCUT2D eigenvalue weighted by Gasteiger charge is 2.19. The molecule has 1 rings (SSSR count). The zero-order chi connectivity index (χ0) is 15.4. The predicted molar refractivity (Wildman–Crippen MR) is 84.8 cm³/mol. The summed E-state index contributed by atoms with van der Waals surface area (Å²) in [6.45, 7) is 4.52. The van der Waals surface area contributed by atoms with Crippen LogP contribution in [0.5, 0.6) is 0 Å². The summed E-state index contributed by atoms with van der Waals surface area (Å²) in [6, 6.07) is 10.3. The van der Waals surface area contributed by atoms with E-state index >= 15 is 0 Å². The van der Waals surface area contributed by atoms with Crippen LogP contribution in [0.4, 0.5) is 0 Å². The summed E-state index contributed by atoms with van der Waals surface area (Å²) in [4.78, 5) is 10.6. The standard InChI is InChI=1S/C8H13ClO2.C8H11N/c1-6(2)7(8(10)11)4-3-5-9;9-7-6-8-4-2-1-3-5-8/h3,5-7H,4H2,1-2H3,(H,10,11);1-5H,6-7,9H2/b5-3+;/t7-;/m0./s1. The molecule has 3 nitrogen and oxygen atoms in total. The number of carboxylic acids is 1. The molecular formula is C16H24ClNO2. The van der Waals surface area contributed by atoms with E-state index in [9.17, 15) is 4.79 Å². The van der Waals surface area contributed by atoms with Crippen molar-refractivity contribution < 1.29 is 9.90 Å². The molecule has 112 valence electrons. The summed E-state index contributed by atoms with van der Waals surface area (Å²) in [5, 5.41) is 8.69. The first-order valence-electron chi connectivity index (χ1n) is 6.74. The second kappa shape index (κ2) is 11.5. The Hall–Kier alpha value is -1.32. The van der Waals surface area contributed by atoms with Gasteiger partial charge in [-0.3, -0.25) is 4.79 Å². The largest absolute Gasteiger partial charge is 0.481 e. The number of carbonyl (C=O) groups is 1. The van der Waals surface area contributed by atoms with E-state index in [-0.39, 0.29) is 11.8 Å². The molecule has 0 amide bonds. The molecule has 0 aliphatic heterocycles. The first-order valence-corrected chi connectivity index (χ1v) is 7.18. The van der Waals surface area contributed by atoms with Gasteiger partial charge in [0, 0.05) is 5.54 Å². The minimum absolute atomic E-state index is 0.153. The Morgan fingerprint density at radius 2 is 1.95 bits per heavy atom. The van der Waals surface area contributed by atoms with Crippen molar-refractivity contribution in [3.63, 3.8) is 0 Å². The fourth-order valence-corrected chi connectivity index (χ4v) is 1.77. The van der Waals surface area contributed by atoms with Gasteiger partial charge in [0.25, 0.3) is 0 Å². The van der Waals surface area contributed by atoms with Gasteiger partial charge in [-0.05, 0) is 30.9 Å². The van der Waals surface area contributed by atoms with Gasteiger partial charge >= 0.3 is 5.97 Å². The minimum Gasteiger partial charge on any atom is -0.481 e. The molecule has 0 unspecified atom stereocenters. The van der Waals surface area contributed by atoms with Crippen LogP contribution in [-0.2, 0) is 11.2 Å². The molecule has 0 radical (unpaired) electrons. The van der Waals surface area contributed by atoms with Crippen LogP contribution >= 0.6 is 11.6 Å². The molecule has 3 N–H and O–H groups in total. The normalized spacial score (nSPS) is 12.1. The molecule has 0 fully saturated rings. The second-order valence-corrected chi connectivity index (χ2v) is 5.06. The van der Waals surface area contributed by atoms with Crippen LogP contribution in [0.25, 0.3) is 0 Å². The summed E-state index contributed by atoms with van der Waals surface area (Å²) in [7, 11) is 0. The van der Waals surface area contributed by atoms with Crippen LogP contribution in [0.3, 0.4) is 0 Å². The number of allylic oxidation sites excluding steroid dienone is 1. The number of hydrogen-bond donors (Lipinski definition) is 2. The molecule has 0 heterocycles. The van der Waals surface area contributed by atoms with Crippen molar-refractivity contribution in [1.29, 1.82) is 0 Å². The van der Waals surface area contributed by atoms with Gasteiger partial charge in [0.2, 0.25) is 0 Å². The number of halogens is 1. The van der Waals surface area contributed by atoms with E-state index in [4.69, 9.17) is 22.4 Å². The Bertz CT molecular complexity index is 391. The van der Waals surface area contributed by atoms with E-state index in [2.05, 4.69) is 12.1 Å². The van der Waals surface area contributed by atoms with Crippen molar-refractivity contribution in [3.8, 4) is 0 Å². The lowest BCUT2D eigenvalue weighted by molar-refractivity contribution is -0.143. The van der Waals surface area contributed by atoms with E-state index in [1.807, 2.05) is 32.0 Å². The molecular weight excluding hydrogens is 274 g/mol. The van der Waals surface area contributed by atoms with Gasteiger partial charge in [-0.1, -0.05) is 61.9 Å². The lowest BCUT2D eigenvalue weighted by Crippen LogP contribution is -2.18. The highest BCUT2D eigenvalue weighted by atomic mass is 35.5. The molecule has 0 aliphatic carbocycles. The summed E-state index contributed by atoms with van der Waals surface area (Å²) in [6.07, 6.45) is 3.16. The molecule has 0 aliphatic rings. The molecule has 1 aromatic carbocycles. The molecule has 0 saturated heterocycles. The first-order chi connectivity index (χ1) is 9.52. The topological polar surface area (TPSA) is 63.3 Å². The number of nitrogens with two attached hydrogens (primary N) is 1. The van der Waals surface area contributed by atoms with Crippen LogP contribution in [0.15, 0.2) is 41.9 Å². The number of rotatable bonds is 6. The van der Waals surface area contributed by atoms with Crippen molar-refractivity contribution in [3.05, 3.63) is 47.5 Å². The smallest absolute Gasteiger partial charge is 0.307 e. The lowest BCUT2D eigenvalue weighted by Gasteiger charge is -2.12. The van der Waals surface area contributed by atoms with Gasteiger partial charge in [-0.25, -0.2) is 0 Å². The molecule has 1 atom stereocenters. The molecule has 4 heteroatoms. The third-order valence-corrected chi connectivity index (χ3v) is 3.06. The number of aliphatic carboxylic acids is 1. The quantitative estimate of drug-likeness (QED) is 0.842. The Kier molecular flexibility index (Phi) is 10.7. The van der Waals surface area contributed by atoms with Crippen molar-refractivity contribution in [2.24, 2.45) is 17.6 Å². The Labute approximate surface area is 126 Å². The Morgan fingerprint density at radius 1 is 1.35 bits per heavy atom. The molecule has 1 aromatic rings. The lowest BCUT2D eigenvalue weighted by atomic mass is 9.93. The van der Waals surface area contributed by atoms with Crippen LogP contribution in [0.1, 0.15) is 25.8 Å². The SMILES string of the molecule is CC(C)[C@H](C/C=C/Cl)C(=O)O.NCCc1ccccc1. The van der Waals surface area contributed by atoms with E-state index < -0.39 is 5.97 Å². The summed E-state index contributed by atoms with van der Waals surface area (Å²) < 4.78 is 0. The van der Waals surface area contributed by atoms with Gasteiger partial charge < -0.3 is 10.8 Å². The fraction of sp³-hybridized carbons (Fsp3) is 0.438. The van der Waals surface area contributed by atoms with E-state index in [0.717, 1.165) is 13.0 Å². The summed E-state index contributed by atoms with van der Waals surface area (Å²) in [5.74, 6) is -0.917. The minimum atomic E-state index is -0.755. The summed E-state index contributed by atoms with van der Waals surface area (Å²) >= 11 is 5.28. The Morgan fingerprint density at radius 3 is 2.35 bits per heavy atom. The van der Waals surface area contributed by atoms with Crippen molar-refractivity contribution in [1.82, 2.24) is 0 Å². The maximum atomic E-state index is 10.6. The van der Waals surface area contributed by atoms with Gasteiger partial charge in [-0.2, -0.15) is 0 Å². The zero-order valence-corrected chi connectivity index (χ0v) is 12.9. The summed E-state index contributed by atoms with van der Waals surface area (Å²) in [5.41, 5.74) is 8.04. The number of carboxylic acid groups (broad SMARTS) is 1. The molecule has 0 bridgehead atoms. The highest BCUT2D eigenvalue weighted by Crippen LogP contribution is 2.15. The zero-order valence-electron chi connectivity index (χ0n) is 12.1. The van der Waals surface area contributed by atoms with Gasteiger partial charge in [0.15, 0.2) is 0 Å². The monoisotopic (exact) mass is 297 g/mol. The molecule has 20 heavy (non-hydrogen) atoms. The fourth-order valence-electron chi connectivity index (χ4n) is 1.67. The molecule has 0 aromatic heterocycles. The number of hydrogen-bond acceptors (Lipinski definition) is 2. The van der Waals surface area contributed by atoms with Gasteiger partial charge in [0.1, 0.15) is 0 Å². The Balaban J connectivity index is 0.000000367. The van der Waals surface area contributed by atoms with Crippen molar-refractivity contribution in [2.75, 3.05) is 6.54 Å². The maximum Gasteiger partial charge on any atom is 0.307 e. The van der Waals surface area contributed by atoms with Crippen molar-refractivity contribution in [2.45, 2.75) is 26.7 Å². The molecule has 0 spiro atoms. The van der Waals surface area contributed by atoms with Crippen LogP contribution in [-0.4, -0.2) is 17.6 Å². The van der Waals surface area contributed by atoms with E-state index in [1.54, 1.807) is 6.08 Å². The average molecular weight is 298 g/mol. The van der Waals surface area contributed by atoms with E-state index in [1.165, 1.54) is 11.1 Å². The highest BCUT2D eigenvalue weighted by molar-refractivity contribution is 6.25. The van der Waals surface area contributed by atoms with Crippen molar-refractivity contribution >= 4 is 17.6 Å². The van der Waals surface area contributed by atoms with Crippen LogP contribution in [0, 0.1) is 11.8 Å². The van der Waals surface area contributed by atoms with Crippen LogP contribution in [0.2, 0.25) is 0 Å². The first kappa shape index (κ1) is 18.7. The maximum absolute atomic E-state index is 10.6. The van der Waals surface area contributed by atoms with Gasteiger partial charge in [-0.15, -0.1) is 0 Å². The average Bonchev–Trinajstić information content (AvgIpc) is 2.41. The van der Waals surface area contributed by atoms with Crippen LogP contribution < -0.4 is 5.73 Å².